The predicted molar refractivity (Wildman–Crippen MR) is 67.0 cm³/mol. The number of nitrogens with zero attached hydrogens (tertiary/aromatic N) is 2. The number of aromatic hydroxyl groups is 1. The molecule has 0 aliphatic carbocycles. The van der Waals surface area contributed by atoms with Crippen LogP contribution in [0.5, 0.6) is 5.75 Å². The molecular weight excluding hydrogens is 214 g/mol. The first-order valence-electron chi connectivity index (χ1n) is 6.18. The van der Waals surface area contributed by atoms with E-state index in [2.05, 4.69) is 14.9 Å². The SMILES string of the molecule is Oc1cccc2c1ncn2CC1CCNCC1. The number of para-hydroxylation sites is 1. The fraction of sp³-hybridized carbons (Fsp3) is 0.462. The summed E-state index contributed by atoms with van der Waals surface area (Å²) >= 11 is 0. The molecule has 2 heterocycles. The van der Waals surface area contributed by atoms with E-state index >= 15 is 0 Å². The highest BCUT2D eigenvalue weighted by atomic mass is 16.3. The number of benzene rings is 1. The van der Waals surface area contributed by atoms with Crippen LogP contribution in [0, 0.1) is 5.92 Å². The zero-order valence-corrected chi connectivity index (χ0v) is 9.76. The van der Waals surface area contributed by atoms with E-state index in [1.54, 1.807) is 6.07 Å². The molecular formula is C13H17N3O. The first-order chi connectivity index (χ1) is 8.34. The summed E-state index contributed by atoms with van der Waals surface area (Å²) in [6.45, 7) is 3.23. The summed E-state index contributed by atoms with van der Waals surface area (Å²) in [5.41, 5.74) is 1.74. The molecule has 0 unspecified atom stereocenters. The first kappa shape index (κ1) is 10.6. The van der Waals surface area contributed by atoms with Gasteiger partial charge in [-0.3, -0.25) is 0 Å². The van der Waals surface area contributed by atoms with Gasteiger partial charge in [0, 0.05) is 6.54 Å². The molecule has 0 amide bonds. The molecule has 90 valence electrons. The van der Waals surface area contributed by atoms with Gasteiger partial charge >= 0.3 is 0 Å². The number of rotatable bonds is 2. The van der Waals surface area contributed by atoms with Crippen LogP contribution in [-0.2, 0) is 6.54 Å². The van der Waals surface area contributed by atoms with Crippen LogP contribution in [0.15, 0.2) is 24.5 Å². The summed E-state index contributed by atoms with van der Waals surface area (Å²) in [7, 11) is 0. The van der Waals surface area contributed by atoms with Crippen LogP contribution in [0.1, 0.15) is 12.8 Å². The maximum Gasteiger partial charge on any atom is 0.143 e. The lowest BCUT2D eigenvalue weighted by atomic mass is 9.98. The van der Waals surface area contributed by atoms with Crippen molar-refractivity contribution in [1.82, 2.24) is 14.9 Å². The third-order valence-corrected chi connectivity index (χ3v) is 3.54. The maximum atomic E-state index is 9.70. The van der Waals surface area contributed by atoms with Gasteiger partial charge in [-0.1, -0.05) is 6.07 Å². The Bertz CT molecular complexity index is 514. The number of hydrogen-bond donors (Lipinski definition) is 2. The molecule has 0 bridgehead atoms. The molecule has 1 saturated heterocycles. The molecule has 0 saturated carbocycles. The van der Waals surface area contributed by atoms with Crippen LogP contribution in [0.25, 0.3) is 11.0 Å². The van der Waals surface area contributed by atoms with Crippen molar-refractivity contribution in [2.24, 2.45) is 5.92 Å². The van der Waals surface area contributed by atoms with Gasteiger partial charge < -0.3 is 15.0 Å². The van der Waals surface area contributed by atoms with Crippen LogP contribution in [-0.4, -0.2) is 27.7 Å². The molecule has 17 heavy (non-hydrogen) atoms. The average Bonchev–Trinajstić information content (AvgIpc) is 2.76. The second-order valence-electron chi connectivity index (χ2n) is 4.74. The van der Waals surface area contributed by atoms with Gasteiger partial charge in [-0.2, -0.15) is 0 Å². The van der Waals surface area contributed by atoms with Crippen LogP contribution < -0.4 is 5.32 Å². The highest BCUT2D eigenvalue weighted by Crippen LogP contribution is 2.24. The van der Waals surface area contributed by atoms with E-state index in [1.165, 1.54) is 12.8 Å². The van der Waals surface area contributed by atoms with Gasteiger partial charge in [0.05, 0.1) is 11.8 Å². The lowest BCUT2D eigenvalue weighted by molar-refractivity contribution is 0.336. The molecule has 1 aliphatic rings. The number of phenols is 1. The Morgan fingerprint density at radius 3 is 3.00 bits per heavy atom. The predicted octanol–water partition coefficient (Wildman–Crippen LogP) is 1.74. The van der Waals surface area contributed by atoms with Crippen LogP contribution >= 0.6 is 0 Å². The Kier molecular flexibility index (Phi) is 2.73. The number of phenolic OH excluding ortho intramolecular Hbond substituents is 1. The second kappa shape index (κ2) is 4.37. The van der Waals surface area contributed by atoms with Gasteiger partial charge in [0.25, 0.3) is 0 Å². The maximum absolute atomic E-state index is 9.70. The van der Waals surface area contributed by atoms with Gasteiger partial charge in [0.1, 0.15) is 11.3 Å². The smallest absolute Gasteiger partial charge is 0.143 e. The van der Waals surface area contributed by atoms with Gasteiger partial charge in [0.15, 0.2) is 0 Å². The van der Waals surface area contributed by atoms with Gasteiger partial charge in [-0.25, -0.2) is 4.98 Å². The molecule has 1 fully saturated rings. The fourth-order valence-electron chi connectivity index (χ4n) is 2.56. The number of fused-ring (bicyclic) bond motifs is 1. The van der Waals surface area contributed by atoms with Crippen LogP contribution in [0.3, 0.4) is 0 Å². The largest absolute Gasteiger partial charge is 0.506 e. The topological polar surface area (TPSA) is 50.1 Å². The van der Waals surface area contributed by atoms with Gasteiger partial charge in [0.2, 0.25) is 0 Å². The minimum atomic E-state index is 0.270. The van der Waals surface area contributed by atoms with Gasteiger partial charge in [-0.15, -0.1) is 0 Å². The molecule has 4 nitrogen and oxygen atoms in total. The fourth-order valence-corrected chi connectivity index (χ4v) is 2.56. The van der Waals surface area contributed by atoms with E-state index in [1.807, 2.05) is 18.5 Å². The Morgan fingerprint density at radius 2 is 2.18 bits per heavy atom. The van der Waals surface area contributed by atoms with Crippen molar-refractivity contribution in [3.8, 4) is 5.75 Å². The standard InChI is InChI=1S/C13H17N3O/c17-12-3-1-2-11-13(12)15-9-16(11)8-10-4-6-14-7-5-10/h1-3,9-10,14,17H,4-8H2. The zero-order valence-electron chi connectivity index (χ0n) is 9.76. The zero-order chi connectivity index (χ0) is 11.7. The van der Waals surface area contributed by atoms with Crippen molar-refractivity contribution in [2.45, 2.75) is 19.4 Å². The summed E-state index contributed by atoms with van der Waals surface area (Å²) in [6, 6.07) is 5.58. The van der Waals surface area contributed by atoms with Crippen molar-refractivity contribution in [1.29, 1.82) is 0 Å². The van der Waals surface area contributed by atoms with Crippen LogP contribution in [0.2, 0.25) is 0 Å². The summed E-state index contributed by atoms with van der Waals surface area (Å²) in [5.74, 6) is 0.988. The number of nitrogens with one attached hydrogen (secondary N) is 1. The molecule has 0 atom stereocenters. The number of hydrogen-bond acceptors (Lipinski definition) is 3. The number of aromatic nitrogens is 2. The van der Waals surface area contributed by atoms with E-state index in [0.29, 0.717) is 5.52 Å². The Hall–Kier alpha value is -1.55. The van der Waals surface area contributed by atoms with Crippen molar-refractivity contribution in [2.75, 3.05) is 13.1 Å². The minimum Gasteiger partial charge on any atom is -0.506 e. The summed E-state index contributed by atoms with van der Waals surface area (Å²) in [4.78, 5) is 4.28. The Balaban J connectivity index is 1.87. The summed E-state index contributed by atoms with van der Waals surface area (Å²) < 4.78 is 2.16. The van der Waals surface area contributed by atoms with Crippen molar-refractivity contribution >= 4 is 11.0 Å². The third kappa shape index (κ3) is 2.00. The van der Waals surface area contributed by atoms with E-state index in [0.717, 1.165) is 31.1 Å². The second-order valence-corrected chi connectivity index (χ2v) is 4.74. The summed E-state index contributed by atoms with van der Waals surface area (Å²) in [5, 5.41) is 13.1. The molecule has 2 N–H and O–H groups in total. The van der Waals surface area contributed by atoms with Crippen molar-refractivity contribution < 1.29 is 5.11 Å². The lowest BCUT2D eigenvalue weighted by Gasteiger charge is -2.23. The van der Waals surface area contributed by atoms with Crippen molar-refractivity contribution in [3.05, 3.63) is 24.5 Å². The molecule has 1 aliphatic heterocycles. The average molecular weight is 231 g/mol. The molecule has 2 aromatic rings. The van der Waals surface area contributed by atoms with E-state index in [-0.39, 0.29) is 5.75 Å². The van der Waals surface area contributed by atoms with E-state index < -0.39 is 0 Å². The highest BCUT2D eigenvalue weighted by Gasteiger charge is 2.15. The molecule has 4 heteroatoms. The third-order valence-electron chi connectivity index (χ3n) is 3.54. The molecule has 0 spiro atoms. The molecule has 1 aromatic heterocycles. The highest BCUT2D eigenvalue weighted by molar-refractivity contribution is 5.81. The quantitative estimate of drug-likeness (QED) is 0.827. The van der Waals surface area contributed by atoms with Gasteiger partial charge in [-0.05, 0) is 44.0 Å². The Morgan fingerprint density at radius 1 is 1.35 bits per heavy atom. The number of piperidine rings is 1. The lowest BCUT2D eigenvalue weighted by Crippen LogP contribution is -2.29. The minimum absolute atomic E-state index is 0.270. The van der Waals surface area contributed by atoms with E-state index in [4.69, 9.17) is 0 Å². The van der Waals surface area contributed by atoms with E-state index in [9.17, 15) is 5.11 Å². The molecule has 1 aromatic carbocycles. The number of imidazole rings is 1. The van der Waals surface area contributed by atoms with Crippen LogP contribution in [0.4, 0.5) is 0 Å². The normalized spacial score (nSPS) is 17.6. The van der Waals surface area contributed by atoms with Crippen molar-refractivity contribution in [3.63, 3.8) is 0 Å². The summed E-state index contributed by atoms with van der Waals surface area (Å²) in [6.07, 6.45) is 4.28. The molecule has 0 radical (unpaired) electrons. The first-order valence-corrected chi connectivity index (χ1v) is 6.18. The molecule has 3 rings (SSSR count). The monoisotopic (exact) mass is 231 g/mol. The Labute approximate surface area is 100 Å².